The topological polar surface area (TPSA) is 113 Å². The summed E-state index contributed by atoms with van der Waals surface area (Å²) < 4.78 is 93.8. The first-order chi connectivity index (χ1) is 13.7. The molecule has 15 heteroatoms. The number of hydrogen-bond acceptors (Lipinski definition) is 6. The molecule has 2 aromatic rings. The number of halogens is 7. The van der Waals surface area contributed by atoms with E-state index < -0.39 is 55.9 Å². The quantitative estimate of drug-likeness (QED) is 0.125. The second-order valence-electron chi connectivity index (χ2n) is 5.34. The van der Waals surface area contributed by atoms with Crippen molar-refractivity contribution in [3.05, 3.63) is 45.6 Å². The van der Waals surface area contributed by atoms with Crippen LogP contribution in [0.2, 0.25) is 0 Å². The average molecular weight is 784 g/mol. The Kier molecular flexibility index (Phi) is 7.95. The first-order valence-electron chi connectivity index (χ1n) is 7.17. The number of nitrogens with one attached hydrogen (secondary N) is 1. The van der Waals surface area contributed by atoms with E-state index in [9.17, 15) is 40.1 Å². The highest BCUT2D eigenvalue weighted by atomic mass is 127. The molecule has 0 aliphatic rings. The molecule has 0 saturated heterocycles. The highest BCUT2D eigenvalue weighted by Crippen LogP contribution is 2.35. The summed E-state index contributed by atoms with van der Waals surface area (Å²) in [5, 5.41) is 2.46. The van der Waals surface area contributed by atoms with Crippen molar-refractivity contribution in [1.29, 1.82) is 0 Å². The number of esters is 1. The van der Waals surface area contributed by atoms with Gasteiger partial charge in [-0.2, -0.15) is 8.78 Å². The number of ether oxygens (including phenoxy) is 1. The van der Waals surface area contributed by atoms with E-state index in [4.69, 9.17) is 0 Å². The molecule has 0 unspecified atom stereocenters. The number of hydrogen-bond donors (Lipinski definition) is 1. The van der Waals surface area contributed by atoms with Crippen LogP contribution in [-0.2, 0) is 14.9 Å². The van der Waals surface area contributed by atoms with Gasteiger partial charge < -0.3 is 14.6 Å². The molecule has 0 bridgehead atoms. The highest BCUT2D eigenvalue weighted by molar-refractivity contribution is 14.1. The van der Waals surface area contributed by atoms with E-state index in [2.05, 4.69) is 10.1 Å². The van der Waals surface area contributed by atoms with Gasteiger partial charge in [-0.25, -0.2) is 22.0 Å². The first-order valence-corrected chi connectivity index (χ1v) is 11.8. The Balaban J connectivity index is 2.64. The maximum Gasteiger partial charge on any atom is 0.345 e. The largest absolute Gasteiger partial charge is 0.744 e. The molecule has 0 aliphatic carbocycles. The lowest BCUT2D eigenvalue weighted by Gasteiger charge is -2.16. The molecule has 1 N–H and O–H groups in total. The molecule has 1 amide bonds. The SMILES string of the molecule is CC(=O)Nc1c(I)cc(I)c(C(=O)Oc2c(F)c(F)c(S(=O)(=O)[O-])c(F)c2F)c1I. The van der Waals surface area contributed by atoms with Crippen molar-refractivity contribution in [2.75, 3.05) is 5.32 Å². The number of rotatable bonds is 4. The molecule has 7 nitrogen and oxygen atoms in total. The van der Waals surface area contributed by atoms with E-state index in [-0.39, 0.29) is 18.4 Å². The van der Waals surface area contributed by atoms with Crippen molar-refractivity contribution in [3.8, 4) is 5.75 Å². The Morgan fingerprint density at radius 1 is 1.00 bits per heavy atom. The lowest BCUT2D eigenvalue weighted by molar-refractivity contribution is -0.114. The van der Waals surface area contributed by atoms with Crippen molar-refractivity contribution in [3.63, 3.8) is 0 Å². The normalized spacial score (nSPS) is 11.4. The van der Waals surface area contributed by atoms with Gasteiger partial charge in [0.05, 0.1) is 14.8 Å². The highest BCUT2D eigenvalue weighted by Gasteiger charge is 2.32. The number of anilines is 1. The zero-order chi connectivity index (χ0) is 23.1. The van der Waals surface area contributed by atoms with Gasteiger partial charge in [-0.15, -0.1) is 0 Å². The zero-order valence-corrected chi connectivity index (χ0v) is 21.4. The van der Waals surface area contributed by atoms with E-state index in [1.54, 1.807) is 45.2 Å². The summed E-state index contributed by atoms with van der Waals surface area (Å²) >= 11 is 5.19. The van der Waals surface area contributed by atoms with E-state index in [1.165, 1.54) is 13.0 Å². The fourth-order valence-electron chi connectivity index (χ4n) is 2.11. The predicted molar refractivity (Wildman–Crippen MR) is 118 cm³/mol. The minimum Gasteiger partial charge on any atom is -0.744 e. The summed E-state index contributed by atoms with van der Waals surface area (Å²) in [6.07, 6.45) is 0. The molecule has 0 heterocycles. The summed E-state index contributed by atoms with van der Waals surface area (Å²) in [7, 11) is -5.91. The smallest absolute Gasteiger partial charge is 0.345 e. The minimum atomic E-state index is -5.91. The molecule has 2 aromatic carbocycles. The predicted octanol–water partition coefficient (Wildman–Crippen LogP) is 4.14. The lowest BCUT2D eigenvalue weighted by atomic mass is 10.2. The Hall–Kier alpha value is -0.800. The van der Waals surface area contributed by atoms with Crippen molar-refractivity contribution in [1.82, 2.24) is 0 Å². The number of carbonyl (C=O) groups excluding carboxylic acids is 2. The second-order valence-corrected chi connectivity index (χ2v) is 10.1. The molecule has 162 valence electrons. The lowest BCUT2D eigenvalue weighted by Crippen LogP contribution is -2.19. The summed E-state index contributed by atoms with van der Waals surface area (Å²) in [6.45, 7) is 1.20. The summed E-state index contributed by atoms with van der Waals surface area (Å²) in [4.78, 5) is 21.5. The average Bonchev–Trinajstić information content (AvgIpc) is 2.59. The van der Waals surface area contributed by atoms with Gasteiger partial charge in [0.2, 0.25) is 23.3 Å². The molecule has 0 aromatic heterocycles. The molecular weight excluding hydrogens is 779 g/mol. The van der Waals surface area contributed by atoms with Crippen LogP contribution in [0.25, 0.3) is 0 Å². The minimum absolute atomic E-state index is 0.101. The molecule has 0 fully saturated rings. The molecule has 2 rings (SSSR count). The Labute approximate surface area is 207 Å². The van der Waals surface area contributed by atoms with Gasteiger partial charge in [0.1, 0.15) is 15.0 Å². The third kappa shape index (κ3) is 4.99. The van der Waals surface area contributed by atoms with E-state index in [1.807, 2.05) is 22.6 Å². The van der Waals surface area contributed by atoms with Crippen LogP contribution in [0.5, 0.6) is 5.75 Å². The third-order valence-electron chi connectivity index (χ3n) is 3.30. The Morgan fingerprint density at radius 3 is 1.93 bits per heavy atom. The summed E-state index contributed by atoms with van der Waals surface area (Å²) in [5.74, 6) is -13.6. The van der Waals surface area contributed by atoms with Crippen LogP contribution in [0.3, 0.4) is 0 Å². The molecule has 0 atom stereocenters. The molecular formula is C15H5F4I3NO6S-. The standard InChI is InChI=1S/C15H6F4I3NO6S/c1-3(24)23-12-5(21)2-4(20)6(11(12)22)15(25)29-13-7(16)9(18)14(30(26,27)28)10(19)8(13)17/h2H,1H3,(H,23,24)(H,26,27,28)/p-1. The van der Waals surface area contributed by atoms with Gasteiger partial charge in [-0.3, -0.25) is 4.79 Å². The monoisotopic (exact) mass is 784 g/mol. The van der Waals surface area contributed by atoms with E-state index in [0.717, 1.165) is 0 Å². The first kappa shape index (κ1) is 25.5. The van der Waals surface area contributed by atoms with Crippen molar-refractivity contribution < 1.29 is 44.9 Å². The second kappa shape index (κ2) is 9.36. The summed E-state index contributed by atoms with van der Waals surface area (Å²) in [6, 6.07) is 1.42. The van der Waals surface area contributed by atoms with Crippen LogP contribution in [0.15, 0.2) is 11.0 Å². The van der Waals surface area contributed by atoms with Gasteiger partial charge in [0.25, 0.3) is 0 Å². The number of benzene rings is 2. The molecule has 0 spiro atoms. The third-order valence-corrected chi connectivity index (χ3v) is 6.94. The van der Waals surface area contributed by atoms with Gasteiger partial charge in [0.15, 0.2) is 11.6 Å². The fraction of sp³-hybridized carbons (Fsp3) is 0.0667. The van der Waals surface area contributed by atoms with Crippen LogP contribution in [0.1, 0.15) is 17.3 Å². The number of amides is 1. The number of carbonyl (C=O) groups is 2. The van der Waals surface area contributed by atoms with Crippen LogP contribution >= 0.6 is 67.8 Å². The fourth-order valence-corrected chi connectivity index (χ4v) is 6.81. The van der Waals surface area contributed by atoms with Crippen LogP contribution in [0, 0.1) is 34.0 Å². The molecule has 0 saturated carbocycles. The van der Waals surface area contributed by atoms with E-state index >= 15 is 0 Å². The van der Waals surface area contributed by atoms with E-state index in [0.29, 0.717) is 3.57 Å². The van der Waals surface area contributed by atoms with Crippen molar-refractivity contribution in [2.45, 2.75) is 11.8 Å². The van der Waals surface area contributed by atoms with Crippen LogP contribution in [-0.4, -0.2) is 24.8 Å². The van der Waals surface area contributed by atoms with Gasteiger partial charge >= 0.3 is 5.97 Å². The summed E-state index contributed by atoms with van der Waals surface area (Å²) in [5.41, 5.74) is -0.109. The Morgan fingerprint density at radius 2 is 1.50 bits per heavy atom. The maximum atomic E-state index is 14.1. The van der Waals surface area contributed by atoms with Crippen molar-refractivity contribution in [2.24, 2.45) is 0 Å². The zero-order valence-electron chi connectivity index (χ0n) is 14.1. The van der Waals surface area contributed by atoms with Crippen molar-refractivity contribution >= 4 is 95.5 Å². The van der Waals surface area contributed by atoms with Gasteiger partial charge in [0, 0.05) is 14.1 Å². The maximum absolute atomic E-state index is 14.1. The molecule has 0 aliphatic heterocycles. The van der Waals surface area contributed by atoms with Gasteiger partial charge in [-0.1, -0.05) is 0 Å². The van der Waals surface area contributed by atoms with Crippen LogP contribution < -0.4 is 10.1 Å². The van der Waals surface area contributed by atoms with Gasteiger partial charge in [-0.05, 0) is 73.8 Å². The molecule has 0 radical (unpaired) electrons. The molecule has 30 heavy (non-hydrogen) atoms. The Bertz CT molecular complexity index is 1180. The van der Waals surface area contributed by atoms with Crippen LogP contribution in [0.4, 0.5) is 23.2 Å².